The largest absolute Gasteiger partial charge is 0.368 e. The van der Waals surface area contributed by atoms with Gasteiger partial charge in [0.15, 0.2) is 0 Å². The lowest BCUT2D eigenvalue weighted by Gasteiger charge is -2.35. The maximum Gasteiger partial charge on any atom is 0.256 e. The Balaban J connectivity index is 0.000000671. The zero-order valence-electron chi connectivity index (χ0n) is 21.0. The molecule has 3 aromatic rings. The number of anilines is 1. The van der Waals surface area contributed by atoms with Gasteiger partial charge in [0, 0.05) is 43.3 Å². The summed E-state index contributed by atoms with van der Waals surface area (Å²) >= 11 is 0. The number of nitrogens with zero attached hydrogens (tertiary/aromatic N) is 4. The quantitative estimate of drug-likeness (QED) is 0.562. The molecular formula is C27H40N4O. The van der Waals surface area contributed by atoms with Crippen LogP contribution in [0.5, 0.6) is 0 Å². The maximum absolute atomic E-state index is 13.3. The number of pyridine rings is 2. The van der Waals surface area contributed by atoms with Crippen molar-refractivity contribution in [2.24, 2.45) is 0 Å². The molecule has 0 amide bonds. The topological polar surface area (TPSA) is 41.4 Å². The Morgan fingerprint density at radius 2 is 1.62 bits per heavy atom. The molecule has 0 aliphatic carbocycles. The Bertz CT molecular complexity index is 1030. The number of aryl methyl sites for hydroxylation is 1. The number of piperazine rings is 1. The summed E-state index contributed by atoms with van der Waals surface area (Å²) in [5.41, 5.74) is 5.09. The molecule has 0 atom stereocenters. The number of benzene rings is 1. The highest BCUT2D eigenvalue weighted by Gasteiger charge is 2.22. The first kappa shape index (κ1) is 25.6. The fourth-order valence-corrected chi connectivity index (χ4v) is 3.94. The molecule has 5 heteroatoms. The van der Waals surface area contributed by atoms with Crippen LogP contribution in [0.3, 0.4) is 0 Å². The van der Waals surface area contributed by atoms with Gasteiger partial charge in [0.25, 0.3) is 5.56 Å². The molecule has 0 N–H and O–H groups in total. The van der Waals surface area contributed by atoms with Gasteiger partial charge in [-0.2, -0.15) is 0 Å². The van der Waals surface area contributed by atoms with Crippen molar-refractivity contribution in [3.63, 3.8) is 0 Å². The predicted molar refractivity (Wildman–Crippen MR) is 138 cm³/mol. The second-order valence-corrected chi connectivity index (χ2v) is 8.20. The number of fused-ring (bicyclic) bond motifs is 1. The summed E-state index contributed by atoms with van der Waals surface area (Å²) in [6, 6.07) is 12.2. The van der Waals surface area contributed by atoms with E-state index >= 15 is 0 Å². The Labute approximate surface area is 193 Å². The van der Waals surface area contributed by atoms with Gasteiger partial charge in [-0.05, 0) is 45.2 Å². The molecule has 4 rings (SSSR count). The SMILES string of the molecule is CC.CCC.Cc1ccc2c(c1)c(N1CCN(C)CC1)c(C)c(=O)n2Cc1ccccn1. The Hall–Kier alpha value is -2.66. The second kappa shape index (κ2) is 12.4. The van der Waals surface area contributed by atoms with Gasteiger partial charge in [-0.1, -0.05) is 51.8 Å². The van der Waals surface area contributed by atoms with Crippen molar-refractivity contribution >= 4 is 16.6 Å². The van der Waals surface area contributed by atoms with Crippen LogP contribution in [0.2, 0.25) is 0 Å². The van der Waals surface area contributed by atoms with Crippen molar-refractivity contribution in [1.29, 1.82) is 0 Å². The Morgan fingerprint density at radius 1 is 0.969 bits per heavy atom. The Kier molecular flexibility index (Phi) is 9.92. The zero-order chi connectivity index (χ0) is 23.7. The summed E-state index contributed by atoms with van der Waals surface area (Å²) in [5, 5.41) is 1.16. The molecule has 5 nitrogen and oxygen atoms in total. The molecule has 1 aliphatic rings. The minimum atomic E-state index is 0.0749. The van der Waals surface area contributed by atoms with E-state index in [9.17, 15) is 4.79 Å². The zero-order valence-corrected chi connectivity index (χ0v) is 21.0. The highest BCUT2D eigenvalue weighted by Crippen LogP contribution is 2.30. The molecule has 0 saturated carbocycles. The van der Waals surface area contributed by atoms with Crippen LogP contribution in [0.15, 0.2) is 47.4 Å². The average molecular weight is 437 g/mol. The van der Waals surface area contributed by atoms with Gasteiger partial charge in [0.05, 0.1) is 23.4 Å². The summed E-state index contributed by atoms with van der Waals surface area (Å²) in [5.74, 6) is 0. The van der Waals surface area contributed by atoms with Gasteiger partial charge in [-0.3, -0.25) is 9.78 Å². The van der Waals surface area contributed by atoms with E-state index in [4.69, 9.17) is 0 Å². The first-order chi connectivity index (χ1) is 15.5. The molecule has 3 heterocycles. The van der Waals surface area contributed by atoms with E-state index in [0.717, 1.165) is 54.0 Å². The molecule has 0 spiro atoms. The molecule has 1 aromatic carbocycles. The Morgan fingerprint density at radius 3 is 2.22 bits per heavy atom. The summed E-state index contributed by atoms with van der Waals surface area (Å²) in [6.07, 6.45) is 3.03. The molecule has 1 saturated heterocycles. The van der Waals surface area contributed by atoms with Crippen LogP contribution in [-0.4, -0.2) is 47.7 Å². The van der Waals surface area contributed by atoms with Crippen LogP contribution in [-0.2, 0) is 6.54 Å². The van der Waals surface area contributed by atoms with Gasteiger partial charge in [0.1, 0.15) is 0 Å². The van der Waals surface area contributed by atoms with Gasteiger partial charge in [0.2, 0.25) is 0 Å². The molecule has 0 unspecified atom stereocenters. The van der Waals surface area contributed by atoms with Crippen molar-refractivity contribution in [3.8, 4) is 0 Å². The van der Waals surface area contributed by atoms with Crippen LogP contribution >= 0.6 is 0 Å². The van der Waals surface area contributed by atoms with E-state index in [0.29, 0.717) is 6.54 Å². The molecule has 0 radical (unpaired) electrons. The van der Waals surface area contributed by atoms with E-state index < -0.39 is 0 Å². The highest BCUT2D eigenvalue weighted by atomic mass is 16.1. The average Bonchev–Trinajstić information content (AvgIpc) is 2.81. The summed E-state index contributed by atoms with van der Waals surface area (Å²) in [4.78, 5) is 22.4. The molecule has 1 aliphatic heterocycles. The lowest BCUT2D eigenvalue weighted by atomic mass is 10.0. The van der Waals surface area contributed by atoms with Crippen LogP contribution in [0.4, 0.5) is 5.69 Å². The number of likely N-dealkylation sites (N-methyl/N-ethyl adjacent to an activating group) is 1. The summed E-state index contributed by atoms with van der Waals surface area (Å²) < 4.78 is 1.87. The standard InChI is InChI=1S/C22H26N4O.C3H8.C2H6/c1-16-7-8-20-19(14-16)21(25-12-10-24(3)11-13-25)17(2)22(27)26(20)15-18-6-4-5-9-23-18;1-3-2;1-2/h4-9,14H,10-13,15H2,1-3H3;3H2,1-2H3;1-2H3. The smallest absolute Gasteiger partial charge is 0.256 e. The lowest BCUT2D eigenvalue weighted by molar-refractivity contribution is 0.313. The minimum Gasteiger partial charge on any atom is -0.368 e. The first-order valence-corrected chi connectivity index (χ1v) is 11.9. The molecule has 1 fully saturated rings. The second-order valence-electron chi connectivity index (χ2n) is 8.20. The number of aromatic nitrogens is 2. The van der Waals surface area contributed by atoms with Gasteiger partial charge in [-0.25, -0.2) is 0 Å². The molecule has 2 aromatic heterocycles. The van der Waals surface area contributed by atoms with Crippen molar-refractivity contribution in [2.45, 2.75) is 54.5 Å². The predicted octanol–water partition coefficient (Wildman–Crippen LogP) is 5.26. The van der Waals surface area contributed by atoms with E-state index in [1.165, 1.54) is 12.0 Å². The third-order valence-electron chi connectivity index (χ3n) is 5.48. The fraction of sp³-hybridized carbons (Fsp3) is 0.481. The highest BCUT2D eigenvalue weighted by molar-refractivity contribution is 5.94. The number of hydrogen-bond donors (Lipinski definition) is 0. The van der Waals surface area contributed by atoms with Gasteiger partial charge in [-0.15, -0.1) is 0 Å². The molecule has 174 valence electrons. The third kappa shape index (κ3) is 5.98. The number of rotatable bonds is 3. The monoisotopic (exact) mass is 436 g/mol. The summed E-state index contributed by atoms with van der Waals surface area (Å²) in [6.45, 7) is 16.7. The lowest BCUT2D eigenvalue weighted by Crippen LogP contribution is -2.45. The van der Waals surface area contributed by atoms with Crippen molar-refractivity contribution in [3.05, 3.63) is 69.8 Å². The molecular weight excluding hydrogens is 396 g/mol. The van der Waals surface area contributed by atoms with Crippen LogP contribution in [0, 0.1) is 13.8 Å². The molecule has 0 bridgehead atoms. The number of hydrogen-bond acceptors (Lipinski definition) is 4. The van der Waals surface area contributed by atoms with E-state index in [2.05, 4.69) is 60.8 Å². The van der Waals surface area contributed by atoms with Gasteiger partial charge < -0.3 is 14.4 Å². The minimum absolute atomic E-state index is 0.0749. The third-order valence-corrected chi connectivity index (χ3v) is 5.48. The first-order valence-electron chi connectivity index (χ1n) is 11.9. The van der Waals surface area contributed by atoms with Crippen molar-refractivity contribution in [2.75, 3.05) is 38.1 Å². The van der Waals surface area contributed by atoms with E-state index in [-0.39, 0.29) is 5.56 Å². The van der Waals surface area contributed by atoms with E-state index in [1.54, 1.807) is 6.20 Å². The van der Waals surface area contributed by atoms with Crippen molar-refractivity contribution < 1.29 is 0 Å². The maximum atomic E-state index is 13.3. The van der Waals surface area contributed by atoms with E-state index in [1.807, 2.05) is 43.5 Å². The fourth-order valence-electron chi connectivity index (χ4n) is 3.94. The van der Waals surface area contributed by atoms with Crippen LogP contribution < -0.4 is 10.5 Å². The van der Waals surface area contributed by atoms with Crippen molar-refractivity contribution in [1.82, 2.24) is 14.5 Å². The van der Waals surface area contributed by atoms with Crippen LogP contribution in [0.1, 0.15) is 50.9 Å². The van der Waals surface area contributed by atoms with Gasteiger partial charge >= 0.3 is 0 Å². The molecule has 32 heavy (non-hydrogen) atoms. The normalized spacial score (nSPS) is 13.8. The van der Waals surface area contributed by atoms with Crippen LogP contribution in [0.25, 0.3) is 10.9 Å². The summed E-state index contributed by atoms with van der Waals surface area (Å²) in [7, 11) is 2.15.